The molecule has 5 nitrogen and oxygen atoms in total. The highest BCUT2D eigenvalue weighted by molar-refractivity contribution is 9.10. The number of carbonyl (C=O) groups excluding carboxylic acids is 1. The lowest BCUT2D eigenvalue weighted by atomic mass is 10.1. The normalized spacial score (nSPS) is 12.1. The number of sulfonamides is 1. The summed E-state index contributed by atoms with van der Waals surface area (Å²) < 4.78 is 37.1. The number of benzene rings is 2. The predicted octanol–water partition coefficient (Wildman–Crippen LogP) is 3.58. The van der Waals surface area contributed by atoms with E-state index in [1.54, 1.807) is 36.4 Å². The number of anilines is 1. The number of halogens is 2. The van der Waals surface area contributed by atoms with Crippen LogP contribution in [0.3, 0.4) is 0 Å². The second-order valence-electron chi connectivity index (χ2n) is 4.83. The van der Waals surface area contributed by atoms with Gasteiger partial charge < -0.3 is 5.32 Å². The smallest absolute Gasteiger partial charge is 0.284 e. The van der Waals surface area contributed by atoms with Crippen LogP contribution in [0.1, 0.15) is 6.92 Å². The average molecular weight is 413 g/mol. The van der Waals surface area contributed by atoms with Crippen LogP contribution in [0.4, 0.5) is 10.1 Å². The fourth-order valence-corrected chi connectivity index (χ4v) is 3.29. The minimum Gasteiger partial charge on any atom is -0.319 e. The molecule has 0 bridgehead atoms. The van der Waals surface area contributed by atoms with Gasteiger partial charge in [0, 0.05) is 10.0 Å². The van der Waals surface area contributed by atoms with Crippen molar-refractivity contribution in [2.75, 3.05) is 5.32 Å². The lowest BCUT2D eigenvalue weighted by Crippen LogP contribution is -2.13. The second-order valence-corrected chi connectivity index (χ2v) is 7.21. The molecule has 0 atom stereocenters. The van der Waals surface area contributed by atoms with Crippen molar-refractivity contribution in [2.45, 2.75) is 11.8 Å². The summed E-state index contributed by atoms with van der Waals surface area (Å²) in [4.78, 5) is 11.6. The lowest BCUT2D eigenvalue weighted by Gasteiger charge is -2.11. The molecular weight excluding hydrogens is 399 g/mol. The molecule has 0 aliphatic carbocycles. The second kappa shape index (κ2) is 7.25. The van der Waals surface area contributed by atoms with Gasteiger partial charge in [-0.1, -0.05) is 24.3 Å². The van der Waals surface area contributed by atoms with Gasteiger partial charge in [-0.25, -0.2) is 17.9 Å². The van der Waals surface area contributed by atoms with Gasteiger partial charge in [0.1, 0.15) is 0 Å². The third-order valence-corrected chi connectivity index (χ3v) is 4.82. The van der Waals surface area contributed by atoms with Crippen molar-refractivity contribution in [3.8, 4) is 11.1 Å². The summed E-state index contributed by atoms with van der Waals surface area (Å²) >= 11 is 3.28. The molecule has 2 rings (SSSR count). The molecule has 0 radical (unpaired) electrons. The molecule has 0 unspecified atom stereocenters. The first-order valence-corrected chi connectivity index (χ1v) is 9.13. The third kappa shape index (κ3) is 4.08. The molecule has 0 aliphatic heterocycles. The molecule has 2 aromatic carbocycles. The molecule has 3 N–H and O–H groups in total. The topological polar surface area (TPSA) is 89.3 Å². The van der Waals surface area contributed by atoms with Gasteiger partial charge in [-0.3, -0.25) is 4.79 Å². The Morgan fingerprint density at radius 2 is 1.92 bits per heavy atom. The van der Waals surface area contributed by atoms with Gasteiger partial charge in [0.25, 0.3) is 5.91 Å². The zero-order valence-electron chi connectivity index (χ0n) is 12.6. The van der Waals surface area contributed by atoms with E-state index in [9.17, 15) is 17.6 Å². The molecule has 2 aromatic rings. The van der Waals surface area contributed by atoms with Crippen LogP contribution in [0.25, 0.3) is 11.1 Å². The number of hydrogen-bond acceptors (Lipinski definition) is 3. The fraction of sp³-hybridized carbons (Fsp3) is 0.0625. The summed E-state index contributed by atoms with van der Waals surface area (Å²) in [6.45, 7) is 1.41. The van der Waals surface area contributed by atoms with E-state index in [0.717, 1.165) is 6.08 Å². The Bertz CT molecular complexity index is 927. The van der Waals surface area contributed by atoms with E-state index in [1.165, 1.54) is 13.0 Å². The first-order chi connectivity index (χ1) is 11.2. The van der Waals surface area contributed by atoms with E-state index in [4.69, 9.17) is 5.14 Å². The highest BCUT2D eigenvalue weighted by Gasteiger charge is 2.16. The van der Waals surface area contributed by atoms with Gasteiger partial charge in [-0.05, 0) is 52.7 Å². The maximum atomic E-state index is 13.2. The Hall–Kier alpha value is -2.03. The van der Waals surface area contributed by atoms with E-state index in [2.05, 4.69) is 21.2 Å². The predicted molar refractivity (Wildman–Crippen MR) is 94.4 cm³/mol. The Labute approximate surface area is 147 Å². The number of allylic oxidation sites excluding steroid dienone is 1. The molecule has 0 saturated heterocycles. The maximum absolute atomic E-state index is 13.2. The van der Waals surface area contributed by atoms with Gasteiger partial charge in [0.05, 0.1) is 10.6 Å². The Morgan fingerprint density at radius 3 is 2.50 bits per heavy atom. The van der Waals surface area contributed by atoms with Crippen LogP contribution in [0.15, 0.2) is 63.7 Å². The Balaban J connectivity index is 2.43. The largest absolute Gasteiger partial charge is 0.319 e. The highest BCUT2D eigenvalue weighted by Crippen LogP contribution is 2.32. The van der Waals surface area contributed by atoms with E-state index in [1.807, 2.05) is 0 Å². The van der Waals surface area contributed by atoms with Crippen molar-refractivity contribution < 1.29 is 17.6 Å². The van der Waals surface area contributed by atoms with Crippen LogP contribution in [0.2, 0.25) is 0 Å². The van der Waals surface area contributed by atoms with Crippen LogP contribution in [0.5, 0.6) is 0 Å². The van der Waals surface area contributed by atoms with Gasteiger partial charge in [0.15, 0.2) is 5.83 Å². The van der Waals surface area contributed by atoms with Crippen molar-refractivity contribution >= 4 is 37.5 Å². The van der Waals surface area contributed by atoms with Gasteiger partial charge in [-0.15, -0.1) is 0 Å². The van der Waals surface area contributed by atoms with Crippen LogP contribution in [-0.2, 0) is 14.8 Å². The molecule has 126 valence electrons. The van der Waals surface area contributed by atoms with Crippen molar-refractivity contribution in [2.24, 2.45) is 5.14 Å². The quantitative estimate of drug-likeness (QED) is 0.751. The minimum atomic E-state index is -3.88. The molecule has 1 amide bonds. The zero-order valence-corrected chi connectivity index (χ0v) is 15.0. The fourth-order valence-electron chi connectivity index (χ4n) is 2.05. The molecule has 0 saturated carbocycles. The number of nitrogens with one attached hydrogen (secondary N) is 1. The average Bonchev–Trinajstić information content (AvgIpc) is 2.55. The number of hydrogen-bond donors (Lipinski definition) is 2. The van der Waals surface area contributed by atoms with E-state index < -0.39 is 21.8 Å². The number of nitrogens with two attached hydrogens (primary N) is 1. The Kier molecular flexibility index (Phi) is 5.53. The Morgan fingerprint density at radius 1 is 1.25 bits per heavy atom. The maximum Gasteiger partial charge on any atom is 0.284 e. The highest BCUT2D eigenvalue weighted by atomic mass is 79.9. The van der Waals surface area contributed by atoms with Crippen LogP contribution in [0, 0.1) is 0 Å². The molecule has 0 heterocycles. The molecule has 24 heavy (non-hydrogen) atoms. The molecule has 0 aromatic heterocycles. The lowest BCUT2D eigenvalue weighted by molar-refractivity contribution is -0.114. The van der Waals surface area contributed by atoms with Crippen LogP contribution >= 0.6 is 15.9 Å². The summed E-state index contributed by atoms with van der Waals surface area (Å²) in [6.07, 6.45) is 1.06. The molecular formula is C16H14BrFN2O3S. The van der Waals surface area contributed by atoms with Crippen LogP contribution < -0.4 is 10.5 Å². The first kappa shape index (κ1) is 18.3. The number of rotatable bonds is 4. The van der Waals surface area contributed by atoms with Crippen molar-refractivity contribution in [1.29, 1.82) is 0 Å². The molecule has 0 fully saturated rings. The summed E-state index contributed by atoms with van der Waals surface area (Å²) in [5.74, 6) is -1.76. The number of amides is 1. The van der Waals surface area contributed by atoms with Crippen molar-refractivity contribution in [3.63, 3.8) is 0 Å². The number of primary sulfonamides is 1. The van der Waals surface area contributed by atoms with E-state index in [0.29, 0.717) is 21.3 Å². The molecule has 0 aliphatic rings. The van der Waals surface area contributed by atoms with E-state index >= 15 is 0 Å². The zero-order chi connectivity index (χ0) is 17.9. The molecule has 0 spiro atoms. The summed E-state index contributed by atoms with van der Waals surface area (Å²) in [5, 5.41) is 7.65. The summed E-state index contributed by atoms with van der Waals surface area (Å²) in [5.41, 5.74) is 1.36. The van der Waals surface area contributed by atoms with Crippen LogP contribution in [-0.4, -0.2) is 14.3 Å². The van der Waals surface area contributed by atoms with E-state index in [-0.39, 0.29) is 4.90 Å². The van der Waals surface area contributed by atoms with Gasteiger partial charge in [0.2, 0.25) is 10.0 Å². The third-order valence-electron chi connectivity index (χ3n) is 3.19. The minimum absolute atomic E-state index is 0.00588. The summed E-state index contributed by atoms with van der Waals surface area (Å²) in [7, 11) is -3.88. The standard InChI is InChI=1S/C16H14BrFN2O3S/c1-2-13(18)16(21)20-14-8-7-10(9-12(14)17)11-5-3-4-6-15(11)24(19,22)23/h2-9H,1H3,(H,20,21)(H2,19,22,23). The van der Waals surface area contributed by atoms with Gasteiger partial charge in [-0.2, -0.15) is 0 Å². The monoisotopic (exact) mass is 412 g/mol. The number of carbonyl (C=O) groups is 1. The summed E-state index contributed by atoms with van der Waals surface area (Å²) in [6, 6.07) is 11.1. The van der Waals surface area contributed by atoms with Gasteiger partial charge >= 0.3 is 0 Å². The molecule has 8 heteroatoms. The van der Waals surface area contributed by atoms with Crippen molar-refractivity contribution in [1.82, 2.24) is 0 Å². The SMILES string of the molecule is CC=C(F)C(=O)Nc1ccc(-c2ccccc2S(N)(=O)=O)cc1Br. The first-order valence-electron chi connectivity index (χ1n) is 6.79. The van der Waals surface area contributed by atoms with Crippen molar-refractivity contribution in [3.05, 3.63) is 58.8 Å².